The zero-order chi connectivity index (χ0) is 20.9. The lowest BCUT2D eigenvalue weighted by Crippen LogP contribution is -2.01. The summed E-state index contributed by atoms with van der Waals surface area (Å²) < 4.78 is 0. The molecule has 30 heavy (non-hydrogen) atoms. The minimum absolute atomic E-state index is 0.373. The maximum atomic E-state index is 11.8. The second-order valence-electron chi connectivity index (χ2n) is 6.41. The fourth-order valence-corrected chi connectivity index (χ4v) is 3.40. The highest BCUT2D eigenvalue weighted by atomic mass is 16.1. The number of carbonyl (C=O) groups is 3. The van der Waals surface area contributed by atoms with Crippen LogP contribution in [0.4, 0.5) is 0 Å². The summed E-state index contributed by atoms with van der Waals surface area (Å²) in [6.45, 7) is 0. The van der Waals surface area contributed by atoms with Gasteiger partial charge in [0.2, 0.25) is 0 Å². The third-order valence-electron chi connectivity index (χ3n) is 4.71. The molecule has 0 aliphatic rings. The predicted molar refractivity (Wildman–Crippen MR) is 112 cm³/mol. The molecule has 0 bridgehead atoms. The van der Waals surface area contributed by atoms with Gasteiger partial charge in [-0.2, -0.15) is 0 Å². The molecule has 0 radical (unpaired) electrons. The van der Waals surface area contributed by atoms with Crippen LogP contribution in [0.5, 0.6) is 0 Å². The summed E-state index contributed by atoms with van der Waals surface area (Å²) in [7, 11) is 0. The van der Waals surface area contributed by atoms with E-state index in [4.69, 9.17) is 0 Å². The molecule has 1 aromatic carbocycles. The number of rotatable bonds is 6. The van der Waals surface area contributed by atoms with Gasteiger partial charge in [-0.3, -0.25) is 29.3 Å². The van der Waals surface area contributed by atoms with Crippen LogP contribution >= 0.6 is 0 Å². The molecule has 0 unspecified atom stereocenters. The van der Waals surface area contributed by atoms with Crippen molar-refractivity contribution in [1.29, 1.82) is 0 Å². The molecule has 6 nitrogen and oxygen atoms in total. The van der Waals surface area contributed by atoms with Crippen LogP contribution in [0, 0.1) is 0 Å². The lowest BCUT2D eigenvalue weighted by atomic mass is 9.89. The molecule has 0 aliphatic carbocycles. The van der Waals surface area contributed by atoms with Gasteiger partial charge in [0.05, 0.1) is 17.1 Å². The van der Waals surface area contributed by atoms with E-state index in [9.17, 15) is 14.4 Å². The molecule has 144 valence electrons. The fraction of sp³-hybridized carbons (Fsp3) is 0. The van der Waals surface area contributed by atoms with Gasteiger partial charge < -0.3 is 0 Å². The normalized spacial score (nSPS) is 10.4. The molecule has 0 N–H and O–H groups in total. The van der Waals surface area contributed by atoms with Crippen molar-refractivity contribution in [3.63, 3.8) is 0 Å². The third-order valence-corrected chi connectivity index (χ3v) is 4.71. The minimum atomic E-state index is 0.373. The van der Waals surface area contributed by atoms with Crippen LogP contribution in [0.1, 0.15) is 31.1 Å². The maximum absolute atomic E-state index is 11.8. The first-order valence-corrected chi connectivity index (χ1v) is 9.13. The van der Waals surface area contributed by atoms with E-state index < -0.39 is 0 Å². The SMILES string of the molecule is O=Cc1cccnc1-c1cccc(-c2ncccc2C=O)c1-c1ncccc1C=O. The van der Waals surface area contributed by atoms with Crippen molar-refractivity contribution in [3.8, 4) is 33.8 Å². The average molecular weight is 393 g/mol. The summed E-state index contributed by atoms with van der Waals surface area (Å²) in [5.74, 6) is 0. The van der Waals surface area contributed by atoms with Crippen molar-refractivity contribution < 1.29 is 14.4 Å². The Bertz CT molecular complexity index is 1200. The van der Waals surface area contributed by atoms with Crippen molar-refractivity contribution in [2.75, 3.05) is 0 Å². The molecule has 0 saturated carbocycles. The number of hydrogen-bond acceptors (Lipinski definition) is 6. The van der Waals surface area contributed by atoms with Gasteiger partial charge in [0.25, 0.3) is 0 Å². The van der Waals surface area contributed by atoms with E-state index in [0.29, 0.717) is 50.5 Å². The smallest absolute Gasteiger partial charge is 0.152 e. The van der Waals surface area contributed by atoms with Crippen molar-refractivity contribution in [2.24, 2.45) is 0 Å². The fourth-order valence-electron chi connectivity index (χ4n) is 3.40. The summed E-state index contributed by atoms with van der Waals surface area (Å²) in [4.78, 5) is 48.3. The largest absolute Gasteiger partial charge is 0.298 e. The molecule has 0 spiro atoms. The van der Waals surface area contributed by atoms with E-state index in [1.807, 2.05) is 0 Å². The highest BCUT2D eigenvalue weighted by molar-refractivity contribution is 6.01. The van der Waals surface area contributed by atoms with Crippen LogP contribution in [-0.2, 0) is 0 Å². The van der Waals surface area contributed by atoms with Gasteiger partial charge in [-0.25, -0.2) is 0 Å². The number of benzene rings is 1. The number of carbonyl (C=O) groups excluding carboxylic acids is 3. The second-order valence-corrected chi connectivity index (χ2v) is 6.41. The van der Waals surface area contributed by atoms with Crippen LogP contribution < -0.4 is 0 Å². The Hall–Kier alpha value is -4.32. The summed E-state index contributed by atoms with van der Waals surface area (Å²) in [6.07, 6.45) is 6.96. The van der Waals surface area contributed by atoms with Crippen molar-refractivity contribution in [2.45, 2.75) is 0 Å². The van der Waals surface area contributed by atoms with E-state index in [-0.39, 0.29) is 0 Å². The topological polar surface area (TPSA) is 89.9 Å². The first-order valence-electron chi connectivity index (χ1n) is 9.13. The molecule has 0 atom stereocenters. The highest BCUT2D eigenvalue weighted by Gasteiger charge is 2.21. The van der Waals surface area contributed by atoms with Crippen molar-refractivity contribution in [1.82, 2.24) is 15.0 Å². The van der Waals surface area contributed by atoms with Crippen molar-refractivity contribution >= 4 is 18.9 Å². The van der Waals surface area contributed by atoms with Gasteiger partial charge in [-0.15, -0.1) is 0 Å². The molecule has 3 heterocycles. The number of hydrogen-bond donors (Lipinski definition) is 0. The van der Waals surface area contributed by atoms with E-state index in [1.165, 1.54) is 0 Å². The van der Waals surface area contributed by atoms with Crippen LogP contribution in [0.2, 0.25) is 0 Å². The Morgan fingerprint density at radius 3 is 1.33 bits per heavy atom. The zero-order valence-corrected chi connectivity index (χ0v) is 15.7. The van der Waals surface area contributed by atoms with Crippen molar-refractivity contribution in [3.05, 3.63) is 89.9 Å². The Labute approximate surface area is 172 Å². The van der Waals surface area contributed by atoms with Crippen LogP contribution in [-0.4, -0.2) is 33.8 Å². The highest BCUT2D eigenvalue weighted by Crippen LogP contribution is 2.40. The van der Waals surface area contributed by atoms with Gasteiger partial charge in [-0.1, -0.05) is 18.2 Å². The van der Waals surface area contributed by atoms with Gasteiger partial charge in [0.15, 0.2) is 18.9 Å². The average Bonchev–Trinajstić information content (AvgIpc) is 2.83. The van der Waals surface area contributed by atoms with E-state index in [0.717, 1.165) is 18.9 Å². The van der Waals surface area contributed by atoms with E-state index in [2.05, 4.69) is 15.0 Å². The van der Waals surface area contributed by atoms with E-state index in [1.54, 1.807) is 73.2 Å². The monoisotopic (exact) mass is 393 g/mol. The Balaban J connectivity index is 2.14. The van der Waals surface area contributed by atoms with Crippen LogP contribution in [0.3, 0.4) is 0 Å². The second kappa shape index (κ2) is 8.36. The Morgan fingerprint density at radius 1 is 0.500 bits per heavy atom. The first kappa shape index (κ1) is 19.0. The number of aromatic nitrogens is 3. The van der Waals surface area contributed by atoms with Crippen LogP contribution in [0.25, 0.3) is 33.8 Å². The standard InChI is InChI=1S/C24H15N3O3/c28-13-16-5-2-10-25-22(16)19-8-1-9-20(23-17(14-29)6-3-11-26-23)21(19)24-18(15-30)7-4-12-27-24/h1-15H. The number of pyridine rings is 3. The van der Waals surface area contributed by atoms with E-state index >= 15 is 0 Å². The number of nitrogens with zero attached hydrogens (tertiary/aromatic N) is 3. The molecule has 0 amide bonds. The molecule has 0 fully saturated rings. The molecule has 4 rings (SSSR count). The summed E-state index contributed by atoms with van der Waals surface area (Å²) in [5.41, 5.74) is 4.29. The van der Waals surface area contributed by atoms with Gasteiger partial charge in [-0.05, 0) is 36.4 Å². The third kappa shape index (κ3) is 3.31. The predicted octanol–water partition coefficient (Wildman–Crippen LogP) is 4.31. The maximum Gasteiger partial charge on any atom is 0.152 e. The Kier molecular flexibility index (Phi) is 5.30. The quantitative estimate of drug-likeness (QED) is 0.454. The van der Waals surface area contributed by atoms with Crippen LogP contribution in [0.15, 0.2) is 73.2 Å². The molecular formula is C24H15N3O3. The van der Waals surface area contributed by atoms with Gasteiger partial charge in [0.1, 0.15) is 0 Å². The molecule has 0 aliphatic heterocycles. The lowest BCUT2D eigenvalue weighted by Gasteiger charge is -2.17. The molecule has 3 aromatic heterocycles. The molecule has 4 aromatic rings. The molecule has 6 heteroatoms. The lowest BCUT2D eigenvalue weighted by molar-refractivity contribution is 0.111. The minimum Gasteiger partial charge on any atom is -0.298 e. The number of aldehydes is 3. The summed E-state index contributed by atoms with van der Waals surface area (Å²) >= 11 is 0. The first-order chi connectivity index (χ1) is 14.8. The zero-order valence-electron chi connectivity index (χ0n) is 15.7. The molecule has 0 saturated heterocycles. The summed E-state index contributed by atoms with van der Waals surface area (Å²) in [6, 6.07) is 15.4. The Morgan fingerprint density at radius 2 is 0.900 bits per heavy atom. The van der Waals surface area contributed by atoms with Gasteiger partial charge >= 0.3 is 0 Å². The van der Waals surface area contributed by atoms with Gasteiger partial charge in [0, 0.05) is 52.0 Å². The molecular weight excluding hydrogens is 378 g/mol. The summed E-state index contributed by atoms with van der Waals surface area (Å²) in [5, 5.41) is 0.